The van der Waals surface area contributed by atoms with Crippen LogP contribution in [-0.4, -0.2) is 19.3 Å². The second-order valence-corrected chi connectivity index (χ2v) is 4.56. The van der Waals surface area contributed by atoms with Crippen LogP contribution in [0.25, 0.3) is 0 Å². The number of ether oxygens (including phenoxy) is 2. The summed E-state index contributed by atoms with van der Waals surface area (Å²) in [4.78, 5) is 0. The fourth-order valence-corrected chi connectivity index (χ4v) is 2.13. The summed E-state index contributed by atoms with van der Waals surface area (Å²) < 4.78 is 37.3. The Morgan fingerprint density at radius 3 is 1.95 bits per heavy atom. The number of halogens is 2. The normalized spacial score (nSPS) is 13.1. The molecule has 0 aliphatic rings. The largest absolute Gasteiger partial charge is 0.497 e. The summed E-state index contributed by atoms with van der Waals surface area (Å²) in [6.45, 7) is 0. The summed E-state index contributed by atoms with van der Waals surface area (Å²) >= 11 is 0. The first-order valence-corrected chi connectivity index (χ1v) is 6.34. The Morgan fingerprint density at radius 1 is 1.00 bits per heavy atom. The van der Waals surface area contributed by atoms with E-state index >= 15 is 0 Å². The maximum absolute atomic E-state index is 13.8. The molecule has 2 aromatic rings. The Morgan fingerprint density at radius 2 is 1.55 bits per heavy atom. The molecule has 1 atom stereocenters. The topological polar surface area (TPSA) is 38.7 Å². The third kappa shape index (κ3) is 2.61. The molecular weight excluding hydrogens is 290 g/mol. The van der Waals surface area contributed by atoms with Crippen LogP contribution in [0, 0.1) is 24.0 Å². The van der Waals surface area contributed by atoms with Gasteiger partial charge in [0.1, 0.15) is 5.75 Å². The average Bonchev–Trinajstić information content (AvgIpc) is 2.53. The van der Waals surface area contributed by atoms with E-state index in [9.17, 15) is 13.9 Å². The van der Waals surface area contributed by atoms with Crippen molar-refractivity contribution in [3.05, 3.63) is 59.2 Å². The zero-order valence-corrected chi connectivity index (χ0v) is 12.1. The lowest BCUT2D eigenvalue weighted by Crippen LogP contribution is -2.25. The Kier molecular flexibility index (Phi) is 4.34. The number of terminal acetylenes is 1. The van der Waals surface area contributed by atoms with E-state index in [-0.39, 0.29) is 5.56 Å². The Bertz CT molecular complexity index is 697. The molecule has 2 rings (SSSR count). The van der Waals surface area contributed by atoms with Crippen molar-refractivity contribution in [2.24, 2.45) is 0 Å². The molecule has 0 aliphatic carbocycles. The second-order valence-electron chi connectivity index (χ2n) is 4.56. The van der Waals surface area contributed by atoms with Gasteiger partial charge in [-0.3, -0.25) is 0 Å². The zero-order valence-electron chi connectivity index (χ0n) is 12.1. The van der Waals surface area contributed by atoms with Gasteiger partial charge >= 0.3 is 0 Å². The van der Waals surface area contributed by atoms with Gasteiger partial charge < -0.3 is 14.6 Å². The third-order valence-corrected chi connectivity index (χ3v) is 3.34. The van der Waals surface area contributed by atoms with E-state index in [0.717, 1.165) is 19.2 Å². The number of hydrogen-bond donors (Lipinski definition) is 1. The molecule has 3 nitrogen and oxygen atoms in total. The summed E-state index contributed by atoms with van der Waals surface area (Å²) in [6.07, 6.45) is 5.40. The van der Waals surface area contributed by atoms with Crippen molar-refractivity contribution in [3.63, 3.8) is 0 Å². The molecular formula is C17H14F2O3. The third-order valence-electron chi connectivity index (χ3n) is 3.34. The first-order chi connectivity index (χ1) is 10.5. The highest BCUT2D eigenvalue weighted by Crippen LogP contribution is 2.34. The number of methoxy groups -OCH3 is 2. The van der Waals surface area contributed by atoms with Crippen LogP contribution in [0.5, 0.6) is 11.5 Å². The minimum Gasteiger partial charge on any atom is -0.497 e. The fourth-order valence-electron chi connectivity index (χ4n) is 2.13. The van der Waals surface area contributed by atoms with Gasteiger partial charge in [-0.1, -0.05) is 18.1 Å². The highest BCUT2D eigenvalue weighted by Gasteiger charge is 2.31. The molecule has 0 amide bonds. The molecule has 114 valence electrons. The van der Waals surface area contributed by atoms with Gasteiger partial charge in [-0.15, -0.1) is 6.42 Å². The van der Waals surface area contributed by atoms with E-state index in [1.54, 1.807) is 12.1 Å². The molecule has 1 N–H and O–H groups in total. The minimum atomic E-state index is -1.97. The Labute approximate surface area is 127 Å². The molecule has 0 heterocycles. The molecule has 0 fully saturated rings. The predicted octanol–water partition coefficient (Wildman–Crippen LogP) is 2.85. The van der Waals surface area contributed by atoms with Crippen LogP contribution in [0.15, 0.2) is 36.4 Å². The molecule has 2 aromatic carbocycles. The van der Waals surface area contributed by atoms with Gasteiger partial charge in [0.25, 0.3) is 0 Å². The molecule has 1 unspecified atom stereocenters. The number of aliphatic hydroxyl groups is 1. The van der Waals surface area contributed by atoms with Crippen molar-refractivity contribution >= 4 is 0 Å². The quantitative estimate of drug-likeness (QED) is 0.883. The van der Waals surface area contributed by atoms with E-state index < -0.39 is 23.0 Å². The SMILES string of the molecule is C#CC(O)(c1ccc(OC)cc1)c1cc(F)c(OC)c(F)c1. The summed E-state index contributed by atoms with van der Waals surface area (Å²) in [5.41, 5.74) is -1.78. The molecule has 0 saturated carbocycles. The van der Waals surface area contributed by atoms with Crippen LogP contribution in [0.4, 0.5) is 8.78 Å². The summed E-state index contributed by atoms with van der Waals surface area (Å²) in [6, 6.07) is 8.14. The van der Waals surface area contributed by atoms with Crippen molar-refractivity contribution < 1.29 is 23.4 Å². The lowest BCUT2D eigenvalue weighted by molar-refractivity contribution is 0.144. The molecule has 5 heteroatoms. The van der Waals surface area contributed by atoms with Crippen LogP contribution in [0.3, 0.4) is 0 Å². The monoisotopic (exact) mass is 304 g/mol. The van der Waals surface area contributed by atoms with Crippen LogP contribution < -0.4 is 9.47 Å². The Balaban J connectivity index is 2.57. The van der Waals surface area contributed by atoms with Crippen molar-refractivity contribution in [2.45, 2.75) is 5.60 Å². The Hall–Kier alpha value is -2.58. The van der Waals surface area contributed by atoms with Gasteiger partial charge in [-0.05, 0) is 24.3 Å². The minimum absolute atomic E-state index is 0.101. The molecule has 0 radical (unpaired) electrons. The summed E-state index contributed by atoms with van der Waals surface area (Å²) in [7, 11) is 2.65. The molecule has 0 aliphatic heterocycles. The molecule has 0 bridgehead atoms. The molecule has 0 spiro atoms. The van der Waals surface area contributed by atoms with E-state index in [0.29, 0.717) is 11.3 Å². The highest BCUT2D eigenvalue weighted by atomic mass is 19.1. The van der Waals surface area contributed by atoms with Crippen LogP contribution in [-0.2, 0) is 5.60 Å². The summed E-state index contributed by atoms with van der Waals surface area (Å²) in [5.74, 6) is 0.327. The van der Waals surface area contributed by atoms with Crippen molar-refractivity contribution in [2.75, 3.05) is 14.2 Å². The van der Waals surface area contributed by atoms with E-state index in [4.69, 9.17) is 11.2 Å². The average molecular weight is 304 g/mol. The standard InChI is InChI=1S/C17H14F2O3/c1-4-17(20,11-5-7-13(21-2)8-6-11)12-9-14(18)16(22-3)15(19)10-12/h1,5-10,20H,2-3H3. The number of hydrogen-bond acceptors (Lipinski definition) is 3. The van der Waals surface area contributed by atoms with Crippen molar-refractivity contribution in [1.82, 2.24) is 0 Å². The van der Waals surface area contributed by atoms with Gasteiger partial charge in [-0.2, -0.15) is 0 Å². The smallest absolute Gasteiger partial charge is 0.190 e. The van der Waals surface area contributed by atoms with Crippen LogP contribution >= 0.6 is 0 Å². The predicted molar refractivity (Wildman–Crippen MR) is 77.7 cm³/mol. The van der Waals surface area contributed by atoms with Crippen molar-refractivity contribution in [3.8, 4) is 23.8 Å². The second kappa shape index (κ2) is 6.04. The van der Waals surface area contributed by atoms with Gasteiger partial charge in [0, 0.05) is 11.1 Å². The highest BCUT2D eigenvalue weighted by molar-refractivity contribution is 5.47. The maximum Gasteiger partial charge on any atom is 0.190 e. The van der Waals surface area contributed by atoms with Crippen LogP contribution in [0.2, 0.25) is 0 Å². The molecule has 0 aromatic heterocycles. The molecule has 0 saturated heterocycles. The van der Waals surface area contributed by atoms with Crippen LogP contribution in [0.1, 0.15) is 11.1 Å². The number of benzene rings is 2. The van der Waals surface area contributed by atoms with Gasteiger partial charge in [0.2, 0.25) is 0 Å². The zero-order chi connectivity index (χ0) is 16.3. The molecule has 22 heavy (non-hydrogen) atoms. The maximum atomic E-state index is 13.8. The summed E-state index contributed by atoms with van der Waals surface area (Å²) in [5, 5.41) is 10.7. The van der Waals surface area contributed by atoms with E-state index in [1.807, 2.05) is 0 Å². The lowest BCUT2D eigenvalue weighted by atomic mass is 9.87. The van der Waals surface area contributed by atoms with Gasteiger partial charge in [-0.25, -0.2) is 8.78 Å². The lowest BCUT2D eigenvalue weighted by Gasteiger charge is -2.24. The number of rotatable bonds is 4. The van der Waals surface area contributed by atoms with Gasteiger partial charge in [0.15, 0.2) is 23.0 Å². The van der Waals surface area contributed by atoms with Crippen molar-refractivity contribution in [1.29, 1.82) is 0 Å². The van der Waals surface area contributed by atoms with E-state index in [1.165, 1.54) is 19.2 Å². The van der Waals surface area contributed by atoms with E-state index in [2.05, 4.69) is 10.7 Å². The van der Waals surface area contributed by atoms with Gasteiger partial charge in [0.05, 0.1) is 14.2 Å². The first kappa shape index (κ1) is 15.8. The fraction of sp³-hybridized carbons (Fsp3) is 0.176. The first-order valence-electron chi connectivity index (χ1n) is 6.34.